The second-order valence-electron chi connectivity index (χ2n) is 5.43. The molecule has 2 aromatic rings. The van der Waals surface area contributed by atoms with Crippen LogP contribution < -0.4 is 10.2 Å². The lowest BCUT2D eigenvalue weighted by atomic mass is 10.1. The van der Waals surface area contributed by atoms with E-state index in [1.165, 1.54) is 28.1 Å². The minimum Gasteiger partial charge on any atom is -0.341 e. The average Bonchev–Trinajstić information content (AvgIpc) is 2.89. The van der Waals surface area contributed by atoms with Crippen LogP contribution in [0, 0.1) is 6.92 Å². The van der Waals surface area contributed by atoms with E-state index < -0.39 is 0 Å². The first-order valence-electron chi connectivity index (χ1n) is 7.45. The predicted molar refractivity (Wildman–Crippen MR) is 85.7 cm³/mol. The molecule has 0 bridgehead atoms. The molecule has 0 aromatic heterocycles. The zero-order valence-electron chi connectivity index (χ0n) is 12.3. The van der Waals surface area contributed by atoms with Crippen molar-refractivity contribution in [2.75, 3.05) is 18.0 Å². The second kappa shape index (κ2) is 5.68. The van der Waals surface area contributed by atoms with E-state index >= 15 is 0 Å². The second-order valence-corrected chi connectivity index (χ2v) is 5.43. The van der Waals surface area contributed by atoms with Gasteiger partial charge in [-0.2, -0.15) is 0 Å². The van der Waals surface area contributed by atoms with Crippen molar-refractivity contribution in [3.8, 4) is 0 Å². The highest BCUT2D eigenvalue weighted by atomic mass is 15.2. The predicted octanol–water partition coefficient (Wildman–Crippen LogP) is 3.80. The molecule has 0 unspecified atom stereocenters. The molecule has 2 heteroatoms. The van der Waals surface area contributed by atoms with Crippen molar-refractivity contribution in [3.05, 3.63) is 59.2 Å². The minimum absolute atomic E-state index is 0.953. The summed E-state index contributed by atoms with van der Waals surface area (Å²) in [6.45, 7) is 7.41. The Morgan fingerprint density at radius 2 is 1.95 bits per heavy atom. The van der Waals surface area contributed by atoms with Gasteiger partial charge >= 0.3 is 0 Å². The Balaban J connectivity index is 1.88. The number of hydrogen-bond acceptors (Lipinski definition) is 2. The first-order chi connectivity index (χ1) is 9.79. The molecule has 1 aliphatic rings. The molecule has 0 amide bonds. The van der Waals surface area contributed by atoms with E-state index in [-0.39, 0.29) is 0 Å². The fourth-order valence-electron chi connectivity index (χ4n) is 2.99. The number of hydrogen-bond donors (Lipinski definition) is 1. The molecule has 1 N–H and O–H groups in total. The number of para-hydroxylation sites is 1. The number of rotatable bonds is 4. The highest BCUT2D eigenvalue weighted by Crippen LogP contribution is 2.36. The van der Waals surface area contributed by atoms with Crippen LogP contribution in [0.1, 0.15) is 23.6 Å². The van der Waals surface area contributed by atoms with Gasteiger partial charge in [0.05, 0.1) is 0 Å². The normalized spacial score (nSPS) is 13.6. The third kappa shape index (κ3) is 2.44. The zero-order valence-corrected chi connectivity index (χ0v) is 12.3. The summed E-state index contributed by atoms with van der Waals surface area (Å²) in [6, 6.07) is 15.5. The van der Waals surface area contributed by atoms with Gasteiger partial charge in [0.15, 0.2) is 0 Å². The van der Waals surface area contributed by atoms with Crippen molar-refractivity contribution in [1.29, 1.82) is 0 Å². The molecule has 1 aliphatic heterocycles. The van der Waals surface area contributed by atoms with Crippen LogP contribution in [0.2, 0.25) is 0 Å². The molecule has 0 saturated carbocycles. The highest BCUT2D eigenvalue weighted by molar-refractivity contribution is 5.72. The van der Waals surface area contributed by atoms with Crippen molar-refractivity contribution in [2.45, 2.75) is 26.8 Å². The summed E-state index contributed by atoms with van der Waals surface area (Å²) in [5.41, 5.74) is 6.89. The molecule has 104 valence electrons. The third-order valence-corrected chi connectivity index (χ3v) is 4.02. The van der Waals surface area contributed by atoms with E-state index in [1.54, 1.807) is 0 Å². The van der Waals surface area contributed by atoms with Crippen molar-refractivity contribution < 1.29 is 0 Å². The van der Waals surface area contributed by atoms with Gasteiger partial charge in [-0.05, 0) is 48.7 Å². The summed E-state index contributed by atoms with van der Waals surface area (Å²) in [6.07, 6.45) is 1.15. The fraction of sp³-hybridized carbons (Fsp3) is 0.333. The Labute approximate surface area is 121 Å². The molecule has 0 radical (unpaired) electrons. The molecule has 0 aliphatic carbocycles. The molecular weight excluding hydrogens is 244 g/mol. The van der Waals surface area contributed by atoms with Crippen molar-refractivity contribution in [1.82, 2.24) is 5.32 Å². The SMILES string of the molecule is CCNCc1ccc(N2CCc3ccccc32)c(C)c1. The van der Waals surface area contributed by atoms with Crippen molar-refractivity contribution >= 4 is 11.4 Å². The fourth-order valence-corrected chi connectivity index (χ4v) is 2.99. The standard InChI is InChI=1S/C18H22N2/c1-3-19-13-15-8-9-17(14(2)12-15)20-11-10-16-6-4-5-7-18(16)20/h4-9,12,19H,3,10-11,13H2,1-2H3. The first kappa shape index (κ1) is 13.2. The summed E-state index contributed by atoms with van der Waals surface area (Å²) >= 11 is 0. The minimum atomic E-state index is 0.953. The average molecular weight is 266 g/mol. The van der Waals surface area contributed by atoms with E-state index in [4.69, 9.17) is 0 Å². The zero-order chi connectivity index (χ0) is 13.9. The van der Waals surface area contributed by atoms with Crippen LogP contribution >= 0.6 is 0 Å². The summed E-state index contributed by atoms with van der Waals surface area (Å²) in [5, 5.41) is 3.38. The Morgan fingerprint density at radius 1 is 1.10 bits per heavy atom. The molecule has 0 fully saturated rings. The molecule has 3 rings (SSSR count). The van der Waals surface area contributed by atoms with Gasteiger partial charge < -0.3 is 10.2 Å². The van der Waals surface area contributed by atoms with E-state index in [9.17, 15) is 0 Å². The molecule has 1 heterocycles. The van der Waals surface area contributed by atoms with E-state index in [0.29, 0.717) is 0 Å². The first-order valence-corrected chi connectivity index (χ1v) is 7.45. The van der Waals surface area contributed by atoms with E-state index in [0.717, 1.165) is 26.1 Å². The quantitative estimate of drug-likeness (QED) is 0.905. The van der Waals surface area contributed by atoms with Gasteiger partial charge in [-0.1, -0.05) is 37.3 Å². The lowest BCUT2D eigenvalue weighted by Crippen LogP contribution is -2.15. The number of fused-ring (bicyclic) bond motifs is 1. The molecule has 0 atom stereocenters. The van der Waals surface area contributed by atoms with Crippen LogP contribution in [0.5, 0.6) is 0 Å². The number of nitrogens with zero attached hydrogens (tertiary/aromatic N) is 1. The molecule has 0 saturated heterocycles. The van der Waals surface area contributed by atoms with Crippen molar-refractivity contribution in [3.63, 3.8) is 0 Å². The summed E-state index contributed by atoms with van der Waals surface area (Å²) in [4.78, 5) is 2.45. The Morgan fingerprint density at radius 3 is 2.75 bits per heavy atom. The van der Waals surface area contributed by atoms with Gasteiger partial charge in [-0.15, -0.1) is 0 Å². The van der Waals surface area contributed by atoms with Crippen LogP contribution in [0.4, 0.5) is 11.4 Å². The molecule has 2 aromatic carbocycles. The molecule has 2 nitrogen and oxygen atoms in total. The number of aryl methyl sites for hydroxylation is 1. The summed E-state index contributed by atoms with van der Waals surface area (Å²) in [7, 11) is 0. The van der Waals surface area contributed by atoms with Gasteiger partial charge in [0, 0.05) is 24.5 Å². The maximum atomic E-state index is 3.38. The molecular formula is C18H22N2. The van der Waals surface area contributed by atoms with Gasteiger partial charge in [0.25, 0.3) is 0 Å². The number of benzene rings is 2. The van der Waals surface area contributed by atoms with E-state index in [2.05, 4.69) is 66.5 Å². The van der Waals surface area contributed by atoms with Gasteiger partial charge in [0.1, 0.15) is 0 Å². The summed E-state index contributed by atoms with van der Waals surface area (Å²) in [5.74, 6) is 0. The van der Waals surface area contributed by atoms with Crippen LogP contribution in [0.3, 0.4) is 0 Å². The smallest absolute Gasteiger partial charge is 0.0444 e. The maximum Gasteiger partial charge on any atom is 0.0444 e. The topological polar surface area (TPSA) is 15.3 Å². The number of anilines is 2. The number of nitrogens with one attached hydrogen (secondary N) is 1. The van der Waals surface area contributed by atoms with Crippen LogP contribution in [-0.2, 0) is 13.0 Å². The third-order valence-electron chi connectivity index (χ3n) is 4.02. The molecule has 0 spiro atoms. The highest BCUT2D eigenvalue weighted by Gasteiger charge is 2.20. The lowest BCUT2D eigenvalue weighted by molar-refractivity contribution is 0.726. The Bertz CT molecular complexity index is 604. The Kier molecular flexibility index (Phi) is 3.75. The monoisotopic (exact) mass is 266 g/mol. The maximum absolute atomic E-state index is 3.38. The van der Waals surface area contributed by atoms with Crippen molar-refractivity contribution in [2.24, 2.45) is 0 Å². The van der Waals surface area contributed by atoms with Crippen LogP contribution in [0.15, 0.2) is 42.5 Å². The van der Waals surface area contributed by atoms with Gasteiger partial charge in [0.2, 0.25) is 0 Å². The summed E-state index contributed by atoms with van der Waals surface area (Å²) < 4.78 is 0. The Hall–Kier alpha value is -1.80. The van der Waals surface area contributed by atoms with Gasteiger partial charge in [-0.25, -0.2) is 0 Å². The van der Waals surface area contributed by atoms with E-state index in [1.807, 2.05) is 0 Å². The molecule has 20 heavy (non-hydrogen) atoms. The van der Waals surface area contributed by atoms with Crippen LogP contribution in [0.25, 0.3) is 0 Å². The lowest BCUT2D eigenvalue weighted by Gasteiger charge is -2.22. The largest absolute Gasteiger partial charge is 0.341 e. The van der Waals surface area contributed by atoms with Crippen LogP contribution in [-0.4, -0.2) is 13.1 Å². The van der Waals surface area contributed by atoms with Gasteiger partial charge in [-0.3, -0.25) is 0 Å².